The number of benzene rings is 1. The molecule has 2 heterocycles. The molecule has 43 heavy (non-hydrogen) atoms. The molecule has 2 atom stereocenters. The Morgan fingerprint density at radius 3 is 2.40 bits per heavy atom. The Balaban J connectivity index is 1.42. The van der Waals surface area contributed by atoms with Gasteiger partial charge in [0, 0.05) is 47.4 Å². The molecule has 1 aromatic carbocycles. The fourth-order valence-corrected chi connectivity index (χ4v) is 7.78. The molecular formula is C30H38FN5O5S2. The molecular weight excluding hydrogens is 593 g/mol. The van der Waals surface area contributed by atoms with Gasteiger partial charge in [0.15, 0.2) is 0 Å². The van der Waals surface area contributed by atoms with Gasteiger partial charge < -0.3 is 10.1 Å². The van der Waals surface area contributed by atoms with Gasteiger partial charge in [0.2, 0.25) is 10.0 Å². The zero-order valence-corrected chi connectivity index (χ0v) is 26.9. The molecule has 2 N–H and O–H groups in total. The number of halogens is 1. The zero-order chi connectivity index (χ0) is 31.4. The van der Waals surface area contributed by atoms with Crippen LogP contribution < -0.4 is 10.0 Å². The summed E-state index contributed by atoms with van der Waals surface area (Å²) < 4.78 is 66.2. The van der Waals surface area contributed by atoms with E-state index in [1.54, 1.807) is 39.1 Å². The van der Waals surface area contributed by atoms with Gasteiger partial charge in [-0.2, -0.15) is 0 Å². The summed E-state index contributed by atoms with van der Waals surface area (Å²) in [6.45, 7) is 7.41. The van der Waals surface area contributed by atoms with E-state index >= 15 is 0 Å². The van der Waals surface area contributed by atoms with Crippen molar-refractivity contribution in [3.63, 3.8) is 0 Å². The first kappa shape index (κ1) is 31.3. The number of hydrogen-bond acceptors (Lipinski definition) is 8. The number of nitrogens with zero attached hydrogens (tertiary/aromatic N) is 3. The summed E-state index contributed by atoms with van der Waals surface area (Å²) in [7, 11) is -7.18. The van der Waals surface area contributed by atoms with Crippen molar-refractivity contribution in [3.8, 4) is 0 Å². The minimum absolute atomic E-state index is 0.138. The Morgan fingerprint density at radius 1 is 1.07 bits per heavy atom. The number of ether oxygens (including phenoxy) is 1. The average Bonchev–Trinajstić information content (AvgIpc) is 3.65. The molecule has 2 aliphatic carbocycles. The highest BCUT2D eigenvalue weighted by atomic mass is 32.2. The SMILES string of the molecule is CC(C)(F)CNS(=O)(=O)c1c2c(cc3cnc(C4CC4)cc13)CC(Nc1ccc(S(C)(=O)=NC(=O)OC(C)(C)C)nc1)C2. The molecule has 5 rings (SSSR count). The van der Waals surface area contributed by atoms with Crippen LogP contribution in [0, 0.1) is 0 Å². The van der Waals surface area contributed by atoms with Crippen LogP contribution in [-0.2, 0) is 37.3 Å². The molecule has 1 saturated carbocycles. The molecule has 0 radical (unpaired) electrons. The number of sulfonamides is 1. The third-order valence-corrected chi connectivity index (χ3v) is 10.2. The summed E-state index contributed by atoms with van der Waals surface area (Å²) in [4.78, 5) is 21.2. The predicted octanol–water partition coefficient (Wildman–Crippen LogP) is 5.50. The van der Waals surface area contributed by atoms with Gasteiger partial charge in [-0.1, -0.05) is 0 Å². The van der Waals surface area contributed by atoms with Crippen LogP contribution in [0.3, 0.4) is 0 Å². The molecule has 2 unspecified atom stereocenters. The highest BCUT2D eigenvalue weighted by Gasteiger charge is 2.33. The van der Waals surface area contributed by atoms with Crippen molar-refractivity contribution in [2.24, 2.45) is 4.36 Å². The van der Waals surface area contributed by atoms with Crippen LogP contribution in [0.25, 0.3) is 10.8 Å². The Morgan fingerprint density at radius 2 is 1.79 bits per heavy atom. The largest absolute Gasteiger partial charge is 0.442 e. The van der Waals surface area contributed by atoms with Gasteiger partial charge in [-0.15, -0.1) is 4.36 Å². The van der Waals surface area contributed by atoms with Crippen LogP contribution >= 0.6 is 0 Å². The first-order valence-electron chi connectivity index (χ1n) is 14.2. The maximum absolute atomic E-state index is 14.3. The summed E-state index contributed by atoms with van der Waals surface area (Å²) in [5.74, 6) is 0.338. The molecule has 2 aromatic heterocycles. The number of fused-ring (bicyclic) bond motifs is 2. The number of carbonyl (C=O) groups is 1. The number of rotatable bonds is 8. The maximum Gasteiger partial charge on any atom is 0.442 e. The lowest BCUT2D eigenvalue weighted by Gasteiger charge is -2.18. The van der Waals surface area contributed by atoms with E-state index in [1.165, 1.54) is 26.3 Å². The molecule has 232 valence electrons. The van der Waals surface area contributed by atoms with E-state index in [1.807, 2.05) is 12.1 Å². The molecule has 10 nitrogen and oxygen atoms in total. The second kappa shape index (κ2) is 11.1. The third-order valence-electron chi connectivity index (χ3n) is 7.19. The van der Waals surface area contributed by atoms with Crippen LogP contribution in [0.4, 0.5) is 14.9 Å². The molecule has 0 bridgehead atoms. The molecule has 1 fully saturated rings. The van der Waals surface area contributed by atoms with Gasteiger partial charge in [0.1, 0.15) is 26.0 Å². The summed E-state index contributed by atoms with van der Waals surface area (Å²) in [5.41, 5.74) is 0.601. The number of nitrogens with one attached hydrogen (secondary N) is 2. The first-order chi connectivity index (χ1) is 19.9. The van der Waals surface area contributed by atoms with Gasteiger partial charge in [0.05, 0.1) is 16.8 Å². The van der Waals surface area contributed by atoms with Crippen molar-refractivity contribution in [1.82, 2.24) is 14.7 Å². The number of pyridine rings is 2. The number of aromatic nitrogens is 2. The van der Waals surface area contributed by atoms with Gasteiger partial charge in [-0.05, 0) is 95.7 Å². The summed E-state index contributed by atoms with van der Waals surface area (Å²) >= 11 is 0. The molecule has 0 spiro atoms. The summed E-state index contributed by atoms with van der Waals surface area (Å²) in [6.07, 6.45) is 6.67. The Kier molecular flexibility index (Phi) is 8.06. The molecule has 3 aromatic rings. The highest BCUT2D eigenvalue weighted by Crippen LogP contribution is 2.42. The molecule has 13 heteroatoms. The van der Waals surface area contributed by atoms with Crippen molar-refractivity contribution in [2.45, 2.75) is 93.5 Å². The second-order valence-electron chi connectivity index (χ2n) is 13.0. The van der Waals surface area contributed by atoms with Crippen molar-refractivity contribution in [1.29, 1.82) is 0 Å². The first-order valence-corrected chi connectivity index (χ1v) is 17.6. The van der Waals surface area contributed by atoms with Gasteiger partial charge in [-0.25, -0.2) is 31.5 Å². The van der Waals surface area contributed by atoms with E-state index in [0.29, 0.717) is 35.4 Å². The quantitative estimate of drug-likeness (QED) is 0.332. The van der Waals surface area contributed by atoms with E-state index in [9.17, 15) is 21.8 Å². The molecule has 0 saturated heterocycles. The number of amides is 1. The van der Waals surface area contributed by atoms with Gasteiger partial charge >= 0.3 is 6.09 Å². The van der Waals surface area contributed by atoms with Crippen LogP contribution in [0.2, 0.25) is 0 Å². The van der Waals surface area contributed by atoms with Crippen LogP contribution in [0.5, 0.6) is 0 Å². The van der Waals surface area contributed by atoms with Crippen LogP contribution in [0.1, 0.15) is 70.2 Å². The topological polar surface area (TPSA) is 140 Å². The normalized spacial score (nSPS) is 18.6. The Hall–Kier alpha value is -3.16. The van der Waals surface area contributed by atoms with E-state index in [4.69, 9.17) is 4.74 Å². The maximum atomic E-state index is 14.3. The lowest BCUT2D eigenvalue weighted by Crippen LogP contribution is -2.36. The second-order valence-corrected chi connectivity index (χ2v) is 16.9. The van der Waals surface area contributed by atoms with E-state index in [0.717, 1.165) is 29.5 Å². The van der Waals surface area contributed by atoms with E-state index in [-0.39, 0.29) is 22.5 Å². The van der Waals surface area contributed by atoms with Crippen LogP contribution in [-0.4, -0.2) is 58.8 Å². The minimum atomic E-state index is -4.05. The minimum Gasteiger partial charge on any atom is -0.442 e. The van der Waals surface area contributed by atoms with Crippen molar-refractivity contribution in [3.05, 3.63) is 53.5 Å². The molecule has 2 aliphatic rings. The number of hydrogen-bond donors (Lipinski definition) is 2. The lowest BCUT2D eigenvalue weighted by molar-refractivity contribution is 0.0607. The summed E-state index contributed by atoms with van der Waals surface area (Å²) in [5, 5.41) is 4.86. The average molecular weight is 632 g/mol. The third kappa shape index (κ3) is 7.50. The van der Waals surface area contributed by atoms with E-state index < -0.39 is 37.1 Å². The van der Waals surface area contributed by atoms with Crippen LogP contribution in [0.15, 0.2) is 50.9 Å². The monoisotopic (exact) mass is 631 g/mol. The van der Waals surface area contributed by atoms with Gasteiger partial charge in [-0.3, -0.25) is 4.98 Å². The highest BCUT2D eigenvalue weighted by molar-refractivity contribution is 7.93. The smallest absolute Gasteiger partial charge is 0.442 e. The Bertz CT molecular complexity index is 1800. The number of anilines is 1. The van der Waals surface area contributed by atoms with Crippen molar-refractivity contribution >= 4 is 42.3 Å². The van der Waals surface area contributed by atoms with Crippen molar-refractivity contribution < 1.29 is 26.5 Å². The number of alkyl halides is 1. The fraction of sp³-hybridized carbons (Fsp3) is 0.500. The van der Waals surface area contributed by atoms with Gasteiger partial charge in [0.25, 0.3) is 0 Å². The lowest BCUT2D eigenvalue weighted by atomic mass is 10.0. The number of carbonyl (C=O) groups excluding carboxylic acids is 1. The standard InChI is InChI=1S/C30H38FN5O5S2/c1-29(2,3)41-28(37)36-42(6,38)26-10-9-21(16-33-26)35-22-12-19-11-20-15-32-25(18-7-8-18)14-24(20)27(23(19)13-22)43(39,40)34-17-30(4,5)31/h9-11,14-16,18,22,34-35H,7-8,12-13,17H2,1-6H3. The van der Waals surface area contributed by atoms with Crippen molar-refractivity contribution in [2.75, 3.05) is 18.1 Å². The Labute approximate surface area is 252 Å². The van der Waals surface area contributed by atoms with E-state index in [2.05, 4.69) is 24.4 Å². The fourth-order valence-electron chi connectivity index (χ4n) is 5.11. The molecule has 0 aliphatic heterocycles. The summed E-state index contributed by atoms with van der Waals surface area (Å²) in [6, 6.07) is 6.94. The molecule has 1 amide bonds. The zero-order valence-electron chi connectivity index (χ0n) is 25.2. The predicted molar refractivity (Wildman–Crippen MR) is 164 cm³/mol.